The molecule has 1 aromatic heterocycles. The van der Waals surface area contributed by atoms with Crippen molar-refractivity contribution in [2.45, 2.75) is 12.7 Å². The number of aromatic nitrogens is 2. The Kier molecular flexibility index (Phi) is 6.22. The number of carbonyl (C=O) groups excluding carboxylic acids is 1. The van der Waals surface area contributed by atoms with E-state index in [1.807, 2.05) is 6.79 Å². The SMILES string of the molecule is C=C1CN(c2nc(=O)n3c4c(c(-c5ccc(F)cc5F)c(C(F)(F)F)cc24)OCC3)CCN1.C=O. The van der Waals surface area contributed by atoms with Crippen molar-refractivity contribution in [2.75, 3.05) is 31.1 Å². The van der Waals surface area contributed by atoms with E-state index < -0.39 is 40.2 Å². The standard InChI is InChI=1S/C22H17F5N4O2.CH2O/c1-11-10-30(5-4-28-11)20-14-9-15(22(25,26)27)17(13-3-2-12(23)8-16(13)24)19-18(14)31(6-7-33-19)21(32)29-20;1-2/h2-3,8-9,28H,1,4-7,10H2;1H2. The van der Waals surface area contributed by atoms with Gasteiger partial charge in [-0.3, -0.25) is 4.57 Å². The summed E-state index contributed by atoms with van der Waals surface area (Å²) in [6.45, 7) is 6.91. The van der Waals surface area contributed by atoms with Crippen LogP contribution in [0.3, 0.4) is 0 Å². The average molecular weight is 494 g/mol. The summed E-state index contributed by atoms with van der Waals surface area (Å²) in [4.78, 5) is 26.6. The van der Waals surface area contributed by atoms with E-state index in [-0.39, 0.29) is 42.2 Å². The van der Waals surface area contributed by atoms with Gasteiger partial charge in [-0.05, 0) is 18.2 Å². The van der Waals surface area contributed by atoms with Crippen molar-refractivity contribution in [3.8, 4) is 16.9 Å². The third kappa shape index (κ3) is 4.19. The predicted octanol–water partition coefficient (Wildman–Crippen LogP) is 3.49. The third-order valence-electron chi connectivity index (χ3n) is 5.70. The van der Waals surface area contributed by atoms with Gasteiger partial charge < -0.3 is 19.7 Å². The van der Waals surface area contributed by atoms with Crippen molar-refractivity contribution in [1.82, 2.24) is 14.9 Å². The molecule has 3 aromatic rings. The Morgan fingerprint density at radius 3 is 2.51 bits per heavy atom. The summed E-state index contributed by atoms with van der Waals surface area (Å²) in [5.74, 6) is -2.32. The molecule has 0 amide bonds. The summed E-state index contributed by atoms with van der Waals surface area (Å²) in [6.07, 6.45) is -4.90. The topological polar surface area (TPSA) is 76.5 Å². The molecule has 0 bridgehead atoms. The molecule has 0 atom stereocenters. The lowest BCUT2D eigenvalue weighted by Crippen LogP contribution is -2.43. The highest BCUT2D eigenvalue weighted by atomic mass is 19.4. The maximum atomic E-state index is 14.7. The van der Waals surface area contributed by atoms with E-state index in [2.05, 4.69) is 16.9 Å². The zero-order valence-electron chi connectivity index (χ0n) is 18.2. The number of nitrogens with zero attached hydrogens (tertiary/aromatic N) is 3. The van der Waals surface area contributed by atoms with E-state index in [9.17, 15) is 26.7 Å². The van der Waals surface area contributed by atoms with E-state index in [1.165, 1.54) is 4.57 Å². The highest BCUT2D eigenvalue weighted by Gasteiger charge is 2.39. The molecule has 0 unspecified atom stereocenters. The van der Waals surface area contributed by atoms with Crippen LogP contribution in [0.25, 0.3) is 22.0 Å². The molecule has 1 saturated heterocycles. The number of alkyl halides is 3. The molecule has 5 rings (SSSR count). The molecule has 0 radical (unpaired) electrons. The molecule has 12 heteroatoms. The first-order valence-electron chi connectivity index (χ1n) is 10.4. The monoisotopic (exact) mass is 494 g/mol. The number of ether oxygens (including phenoxy) is 1. The molecule has 2 aromatic carbocycles. The lowest BCUT2D eigenvalue weighted by molar-refractivity contribution is -0.137. The first kappa shape index (κ1) is 24.2. The van der Waals surface area contributed by atoms with Crippen LogP contribution >= 0.6 is 0 Å². The van der Waals surface area contributed by atoms with Gasteiger partial charge in [0.05, 0.1) is 24.2 Å². The average Bonchev–Trinajstić information content (AvgIpc) is 2.82. The Hall–Kier alpha value is -3.96. The van der Waals surface area contributed by atoms with Gasteiger partial charge in [0.15, 0.2) is 5.75 Å². The summed E-state index contributed by atoms with van der Waals surface area (Å²) in [5.41, 5.74) is -2.16. The molecule has 2 aliphatic rings. The van der Waals surface area contributed by atoms with Crippen molar-refractivity contribution < 1.29 is 31.5 Å². The largest absolute Gasteiger partial charge is 0.489 e. The Morgan fingerprint density at radius 1 is 1.11 bits per heavy atom. The van der Waals surface area contributed by atoms with Crippen LogP contribution in [0.1, 0.15) is 5.56 Å². The van der Waals surface area contributed by atoms with Gasteiger partial charge in [0.2, 0.25) is 0 Å². The second-order valence-corrected chi connectivity index (χ2v) is 7.82. The number of anilines is 1. The molecule has 7 nitrogen and oxygen atoms in total. The maximum Gasteiger partial charge on any atom is 0.417 e. The van der Waals surface area contributed by atoms with Crippen molar-refractivity contribution in [2.24, 2.45) is 0 Å². The normalized spacial score (nSPS) is 15.2. The Labute approximate surface area is 195 Å². The maximum absolute atomic E-state index is 14.7. The van der Waals surface area contributed by atoms with Gasteiger partial charge in [0.25, 0.3) is 0 Å². The lowest BCUT2D eigenvalue weighted by Gasteiger charge is -2.32. The van der Waals surface area contributed by atoms with Crippen LogP contribution in [0.5, 0.6) is 5.75 Å². The van der Waals surface area contributed by atoms with Crippen molar-refractivity contribution >= 4 is 23.5 Å². The summed E-state index contributed by atoms with van der Waals surface area (Å²) in [7, 11) is 0. The number of hydrogen-bond donors (Lipinski definition) is 1. The van der Waals surface area contributed by atoms with Crippen LogP contribution in [-0.4, -0.2) is 42.6 Å². The minimum atomic E-state index is -4.90. The zero-order valence-corrected chi connectivity index (χ0v) is 18.2. The number of carbonyl (C=O) groups is 1. The van der Waals surface area contributed by atoms with Crippen LogP contribution < -0.4 is 20.6 Å². The van der Waals surface area contributed by atoms with Gasteiger partial charge in [-0.25, -0.2) is 13.6 Å². The van der Waals surface area contributed by atoms with Gasteiger partial charge in [-0.15, -0.1) is 0 Å². The number of nitrogens with one attached hydrogen (secondary N) is 1. The highest BCUT2D eigenvalue weighted by Crippen LogP contribution is 2.48. The Bertz CT molecular complexity index is 1390. The Balaban J connectivity index is 0.00000141. The Morgan fingerprint density at radius 2 is 1.86 bits per heavy atom. The van der Waals surface area contributed by atoms with Crippen molar-refractivity contribution in [1.29, 1.82) is 0 Å². The van der Waals surface area contributed by atoms with Gasteiger partial charge in [0, 0.05) is 41.4 Å². The van der Waals surface area contributed by atoms with Crippen LogP contribution in [-0.2, 0) is 17.5 Å². The number of rotatable bonds is 2. The molecular formula is C23H19F5N4O3. The fourth-order valence-corrected chi connectivity index (χ4v) is 4.32. The van der Waals surface area contributed by atoms with E-state index in [0.717, 1.165) is 18.2 Å². The second-order valence-electron chi connectivity index (χ2n) is 7.82. The van der Waals surface area contributed by atoms with Crippen LogP contribution in [0.4, 0.5) is 27.8 Å². The quantitative estimate of drug-likeness (QED) is 0.550. The van der Waals surface area contributed by atoms with E-state index >= 15 is 0 Å². The molecule has 2 aliphatic heterocycles. The molecule has 1 fully saturated rings. The van der Waals surface area contributed by atoms with Crippen molar-refractivity contribution in [3.05, 3.63) is 64.2 Å². The number of piperazine rings is 1. The zero-order chi connectivity index (χ0) is 25.5. The van der Waals surface area contributed by atoms with E-state index in [0.29, 0.717) is 24.9 Å². The molecule has 184 valence electrons. The molecule has 0 aliphatic carbocycles. The predicted molar refractivity (Wildman–Crippen MR) is 118 cm³/mol. The first-order chi connectivity index (χ1) is 16.6. The lowest BCUT2D eigenvalue weighted by atomic mass is 9.94. The molecule has 0 spiro atoms. The molecule has 35 heavy (non-hydrogen) atoms. The third-order valence-corrected chi connectivity index (χ3v) is 5.70. The number of hydrogen-bond acceptors (Lipinski definition) is 6. The van der Waals surface area contributed by atoms with Gasteiger partial charge >= 0.3 is 11.9 Å². The molecule has 1 N–H and O–H groups in total. The second kappa shape index (κ2) is 9.01. The number of halogens is 5. The van der Waals surface area contributed by atoms with E-state index in [4.69, 9.17) is 9.53 Å². The smallest absolute Gasteiger partial charge is 0.417 e. The van der Waals surface area contributed by atoms with E-state index in [1.54, 1.807) is 4.90 Å². The summed E-state index contributed by atoms with van der Waals surface area (Å²) in [5, 5.41) is 3.10. The fraction of sp³-hybridized carbons (Fsp3) is 0.261. The summed E-state index contributed by atoms with van der Waals surface area (Å²) >= 11 is 0. The van der Waals surface area contributed by atoms with Gasteiger partial charge in [-0.2, -0.15) is 18.2 Å². The van der Waals surface area contributed by atoms with Crippen LogP contribution in [0.15, 0.2) is 41.3 Å². The van der Waals surface area contributed by atoms with Crippen LogP contribution in [0.2, 0.25) is 0 Å². The minimum absolute atomic E-state index is 0.0533. The molecule has 3 heterocycles. The van der Waals surface area contributed by atoms with Crippen LogP contribution in [0, 0.1) is 11.6 Å². The molecular weight excluding hydrogens is 475 g/mol. The fourth-order valence-electron chi connectivity index (χ4n) is 4.32. The first-order valence-corrected chi connectivity index (χ1v) is 10.4. The minimum Gasteiger partial charge on any atom is -0.489 e. The highest BCUT2D eigenvalue weighted by molar-refractivity contribution is 6.00. The van der Waals surface area contributed by atoms with Crippen molar-refractivity contribution in [3.63, 3.8) is 0 Å². The summed E-state index contributed by atoms with van der Waals surface area (Å²) < 4.78 is 77.7. The molecule has 0 saturated carbocycles. The van der Waals surface area contributed by atoms with Gasteiger partial charge in [0.1, 0.15) is 30.8 Å². The summed E-state index contributed by atoms with van der Waals surface area (Å²) in [6, 6.07) is 3.16. The number of benzene rings is 2. The van der Waals surface area contributed by atoms with Gasteiger partial charge in [-0.1, -0.05) is 6.58 Å².